The van der Waals surface area contributed by atoms with Crippen molar-refractivity contribution in [2.45, 2.75) is 17.4 Å². The molecule has 0 amide bonds. The van der Waals surface area contributed by atoms with Gasteiger partial charge in [-0.1, -0.05) is 18.2 Å². The summed E-state index contributed by atoms with van der Waals surface area (Å²) in [5.41, 5.74) is 5.24. The maximum Gasteiger partial charge on any atom is 0.0500 e. The van der Waals surface area contributed by atoms with Crippen molar-refractivity contribution in [3.05, 3.63) is 59.9 Å². The highest BCUT2D eigenvalue weighted by atomic mass is 32.2. The fraction of sp³-hybridized carbons (Fsp3) is 0.214. The van der Waals surface area contributed by atoms with Crippen LogP contribution >= 0.6 is 11.8 Å². The minimum Gasteiger partial charge on any atom is -0.271 e. The normalized spacial score (nSPS) is 12.3. The van der Waals surface area contributed by atoms with E-state index in [1.165, 1.54) is 16.0 Å². The summed E-state index contributed by atoms with van der Waals surface area (Å²) in [5.74, 6) is 5.65. The Morgan fingerprint density at radius 1 is 1.28 bits per heavy atom. The van der Waals surface area contributed by atoms with E-state index in [2.05, 4.69) is 47.0 Å². The van der Waals surface area contributed by atoms with Crippen molar-refractivity contribution in [2.24, 2.45) is 5.84 Å². The molecule has 4 heteroatoms. The molecule has 0 radical (unpaired) electrons. The van der Waals surface area contributed by atoms with Crippen molar-refractivity contribution >= 4 is 11.8 Å². The lowest BCUT2D eigenvalue weighted by Gasteiger charge is -2.16. The number of hydrazine groups is 1. The zero-order valence-electron chi connectivity index (χ0n) is 10.3. The standard InChI is InChI=1S/C14H17N3S/c1-18-13-6-4-12(5-7-13)14(17-15)9-11-3-2-8-16-10-11/h2-8,10,14,17H,9,15H2,1H3. The van der Waals surface area contributed by atoms with Crippen LogP contribution in [0.4, 0.5) is 0 Å². The van der Waals surface area contributed by atoms with E-state index in [1.54, 1.807) is 18.0 Å². The van der Waals surface area contributed by atoms with Crippen LogP contribution in [0.3, 0.4) is 0 Å². The lowest BCUT2D eigenvalue weighted by atomic mass is 10.0. The third kappa shape index (κ3) is 3.32. The first-order valence-electron chi connectivity index (χ1n) is 5.82. The van der Waals surface area contributed by atoms with E-state index in [0.29, 0.717) is 0 Å². The molecule has 0 saturated carbocycles. The molecule has 2 aromatic rings. The molecular weight excluding hydrogens is 242 g/mol. The van der Waals surface area contributed by atoms with E-state index in [0.717, 1.165) is 6.42 Å². The van der Waals surface area contributed by atoms with E-state index < -0.39 is 0 Å². The summed E-state index contributed by atoms with van der Waals surface area (Å²) >= 11 is 1.74. The van der Waals surface area contributed by atoms with Crippen LogP contribution < -0.4 is 11.3 Å². The molecule has 0 fully saturated rings. The summed E-state index contributed by atoms with van der Waals surface area (Å²) < 4.78 is 0. The van der Waals surface area contributed by atoms with Crippen molar-refractivity contribution in [1.29, 1.82) is 0 Å². The summed E-state index contributed by atoms with van der Waals surface area (Å²) in [6.45, 7) is 0. The number of hydrogen-bond acceptors (Lipinski definition) is 4. The summed E-state index contributed by atoms with van der Waals surface area (Å²) in [7, 11) is 0. The van der Waals surface area contributed by atoms with Crippen LogP contribution in [0.5, 0.6) is 0 Å². The summed E-state index contributed by atoms with van der Waals surface area (Å²) in [6, 6.07) is 12.6. The lowest BCUT2D eigenvalue weighted by Crippen LogP contribution is -2.29. The maximum absolute atomic E-state index is 5.65. The number of aromatic nitrogens is 1. The van der Waals surface area contributed by atoms with Gasteiger partial charge in [0.1, 0.15) is 0 Å². The van der Waals surface area contributed by atoms with E-state index in [-0.39, 0.29) is 6.04 Å². The maximum atomic E-state index is 5.65. The van der Waals surface area contributed by atoms with Gasteiger partial charge in [-0.25, -0.2) is 0 Å². The molecule has 2 rings (SSSR count). The zero-order chi connectivity index (χ0) is 12.8. The first-order valence-corrected chi connectivity index (χ1v) is 7.05. The fourth-order valence-corrected chi connectivity index (χ4v) is 2.27. The van der Waals surface area contributed by atoms with Crippen LogP contribution in [-0.2, 0) is 6.42 Å². The van der Waals surface area contributed by atoms with E-state index in [9.17, 15) is 0 Å². The van der Waals surface area contributed by atoms with Gasteiger partial charge in [-0.15, -0.1) is 11.8 Å². The third-order valence-electron chi connectivity index (χ3n) is 2.88. The molecule has 0 aliphatic rings. The molecule has 1 heterocycles. The highest BCUT2D eigenvalue weighted by Gasteiger charge is 2.10. The Morgan fingerprint density at radius 2 is 2.06 bits per heavy atom. The number of pyridine rings is 1. The van der Waals surface area contributed by atoms with Gasteiger partial charge in [0.2, 0.25) is 0 Å². The van der Waals surface area contributed by atoms with Gasteiger partial charge < -0.3 is 0 Å². The fourth-order valence-electron chi connectivity index (χ4n) is 1.86. The average Bonchev–Trinajstić information content (AvgIpc) is 2.46. The van der Waals surface area contributed by atoms with Crippen LogP contribution in [0.15, 0.2) is 53.7 Å². The van der Waals surface area contributed by atoms with Crippen LogP contribution in [0.25, 0.3) is 0 Å². The Bertz CT molecular complexity index is 470. The number of nitrogens with one attached hydrogen (secondary N) is 1. The zero-order valence-corrected chi connectivity index (χ0v) is 11.2. The SMILES string of the molecule is CSc1ccc(C(Cc2cccnc2)NN)cc1. The number of hydrogen-bond donors (Lipinski definition) is 2. The first kappa shape index (κ1) is 13.1. The number of nitrogens with zero attached hydrogens (tertiary/aromatic N) is 1. The Hall–Kier alpha value is -1.36. The molecule has 0 saturated heterocycles. The van der Waals surface area contributed by atoms with Crippen LogP contribution in [-0.4, -0.2) is 11.2 Å². The molecule has 0 bridgehead atoms. The Labute approximate surface area is 112 Å². The third-order valence-corrected chi connectivity index (χ3v) is 3.63. The molecule has 0 aliphatic carbocycles. The first-order chi connectivity index (χ1) is 8.83. The molecule has 3 nitrogen and oxygen atoms in total. The predicted octanol–water partition coefficient (Wildman–Crippen LogP) is 2.55. The van der Waals surface area contributed by atoms with Crippen LogP contribution in [0.2, 0.25) is 0 Å². The van der Waals surface area contributed by atoms with E-state index in [4.69, 9.17) is 5.84 Å². The van der Waals surface area contributed by atoms with Gasteiger partial charge in [-0.2, -0.15) is 0 Å². The molecular formula is C14H17N3S. The smallest absolute Gasteiger partial charge is 0.0500 e. The summed E-state index contributed by atoms with van der Waals surface area (Å²) in [5, 5.41) is 0. The van der Waals surface area contributed by atoms with Crippen molar-refractivity contribution in [3.63, 3.8) is 0 Å². The molecule has 0 spiro atoms. The molecule has 1 aromatic heterocycles. The molecule has 94 valence electrons. The topological polar surface area (TPSA) is 50.9 Å². The Balaban J connectivity index is 2.12. The van der Waals surface area contributed by atoms with Crippen LogP contribution in [0.1, 0.15) is 17.2 Å². The Kier molecular flexibility index (Phi) is 4.75. The van der Waals surface area contributed by atoms with E-state index in [1.807, 2.05) is 12.3 Å². The minimum atomic E-state index is 0.116. The molecule has 1 aromatic carbocycles. The molecule has 18 heavy (non-hydrogen) atoms. The van der Waals surface area contributed by atoms with Gasteiger partial charge in [0, 0.05) is 17.3 Å². The van der Waals surface area contributed by atoms with Gasteiger partial charge in [0.25, 0.3) is 0 Å². The number of benzene rings is 1. The minimum absolute atomic E-state index is 0.116. The second-order valence-corrected chi connectivity index (χ2v) is 4.94. The van der Waals surface area contributed by atoms with Crippen molar-refractivity contribution < 1.29 is 0 Å². The Morgan fingerprint density at radius 3 is 2.61 bits per heavy atom. The van der Waals surface area contributed by atoms with Crippen LogP contribution in [0, 0.1) is 0 Å². The monoisotopic (exact) mass is 259 g/mol. The van der Waals surface area contributed by atoms with Crippen molar-refractivity contribution in [1.82, 2.24) is 10.4 Å². The lowest BCUT2D eigenvalue weighted by molar-refractivity contribution is 0.551. The highest BCUT2D eigenvalue weighted by Crippen LogP contribution is 2.21. The quantitative estimate of drug-likeness (QED) is 0.492. The predicted molar refractivity (Wildman–Crippen MR) is 76.2 cm³/mol. The average molecular weight is 259 g/mol. The molecule has 1 atom stereocenters. The second-order valence-electron chi connectivity index (χ2n) is 4.06. The molecule has 3 N–H and O–H groups in total. The summed E-state index contributed by atoms with van der Waals surface area (Å²) in [6.07, 6.45) is 6.56. The van der Waals surface area contributed by atoms with Gasteiger partial charge in [-0.3, -0.25) is 16.3 Å². The van der Waals surface area contributed by atoms with Gasteiger partial charge >= 0.3 is 0 Å². The summed E-state index contributed by atoms with van der Waals surface area (Å²) in [4.78, 5) is 5.38. The number of rotatable bonds is 5. The number of nitrogens with two attached hydrogens (primary N) is 1. The number of thioether (sulfide) groups is 1. The van der Waals surface area contributed by atoms with Gasteiger partial charge in [0.15, 0.2) is 0 Å². The van der Waals surface area contributed by atoms with Crippen molar-refractivity contribution in [2.75, 3.05) is 6.26 Å². The molecule has 1 unspecified atom stereocenters. The molecule has 0 aliphatic heterocycles. The van der Waals surface area contributed by atoms with E-state index >= 15 is 0 Å². The van der Waals surface area contributed by atoms with Crippen molar-refractivity contribution in [3.8, 4) is 0 Å². The largest absolute Gasteiger partial charge is 0.271 e. The van der Waals surface area contributed by atoms with Gasteiger partial charge in [-0.05, 0) is 42.0 Å². The highest BCUT2D eigenvalue weighted by molar-refractivity contribution is 7.98. The second kappa shape index (κ2) is 6.54. The van der Waals surface area contributed by atoms with Gasteiger partial charge in [0.05, 0.1) is 6.04 Å².